The molecule has 0 saturated heterocycles. The van der Waals surface area contributed by atoms with Gasteiger partial charge in [-0.1, -0.05) is 46.5 Å². The van der Waals surface area contributed by atoms with E-state index in [1.165, 1.54) is 47.4 Å². The smallest absolute Gasteiger partial charge is 0.335 e. The van der Waals surface area contributed by atoms with Crippen LogP contribution < -0.4 is 5.32 Å². The highest BCUT2D eigenvalue weighted by atomic mass is 32.2. The molecule has 1 N–H and O–H groups in total. The van der Waals surface area contributed by atoms with Crippen molar-refractivity contribution < 1.29 is 22.5 Å². The van der Waals surface area contributed by atoms with Gasteiger partial charge in [-0.15, -0.1) is 0 Å². The van der Waals surface area contributed by atoms with E-state index in [0.717, 1.165) is 10.3 Å². The predicted molar refractivity (Wildman–Crippen MR) is 118 cm³/mol. The molecule has 168 valence electrons. The van der Waals surface area contributed by atoms with Gasteiger partial charge < -0.3 is 4.52 Å². The first-order valence-electron chi connectivity index (χ1n) is 9.41. The zero-order valence-corrected chi connectivity index (χ0v) is 18.8. The third kappa shape index (κ3) is 4.55. The summed E-state index contributed by atoms with van der Waals surface area (Å²) in [6.07, 6.45) is -4.61. The summed E-state index contributed by atoms with van der Waals surface area (Å²) in [7, 11) is 0. The third-order valence-electron chi connectivity index (χ3n) is 4.61. The third-order valence-corrected chi connectivity index (χ3v) is 6.91. The van der Waals surface area contributed by atoms with Crippen molar-refractivity contribution in [2.75, 3.05) is 11.1 Å². The van der Waals surface area contributed by atoms with E-state index in [1.807, 2.05) is 6.07 Å². The van der Waals surface area contributed by atoms with Gasteiger partial charge in [0, 0.05) is 5.56 Å². The number of thiazole rings is 1. The molecule has 33 heavy (non-hydrogen) atoms. The van der Waals surface area contributed by atoms with E-state index in [2.05, 4.69) is 20.4 Å². The number of benzene rings is 1. The van der Waals surface area contributed by atoms with Gasteiger partial charge in [-0.05, 0) is 26.0 Å². The number of carbonyl (C=O) groups is 1. The first-order chi connectivity index (χ1) is 15.7. The van der Waals surface area contributed by atoms with Crippen LogP contribution in [0.5, 0.6) is 0 Å². The van der Waals surface area contributed by atoms with Crippen LogP contribution in [0.4, 0.5) is 18.3 Å². The Bertz CT molecular complexity index is 1410. The van der Waals surface area contributed by atoms with Crippen LogP contribution in [0.3, 0.4) is 0 Å². The molecule has 0 aliphatic rings. The molecule has 0 radical (unpaired) electrons. The lowest BCUT2D eigenvalue weighted by atomic mass is 10.0. The molecule has 0 unspecified atom stereocenters. The van der Waals surface area contributed by atoms with Gasteiger partial charge in [0.2, 0.25) is 0 Å². The van der Waals surface area contributed by atoms with Crippen LogP contribution in [-0.4, -0.2) is 26.8 Å². The minimum atomic E-state index is -4.61. The number of amides is 1. The Labute approximate surface area is 193 Å². The van der Waals surface area contributed by atoms with Gasteiger partial charge in [0.1, 0.15) is 0 Å². The number of fused-ring (bicyclic) bond motifs is 1. The van der Waals surface area contributed by atoms with Gasteiger partial charge in [0.15, 0.2) is 5.13 Å². The van der Waals surface area contributed by atoms with Crippen molar-refractivity contribution >= 4 is 45.2 Å². The minimum Gasteiger partial charge on any atom is -0.335 e. The topological polar surface area (TPSA) is 105 Å². The van der Waals surface area contributed by atoms with Crippen LogP contribution in [-0.2, 0) is 6.18 Å². The van der Waals surface area contributed by atoms with Crippen LogP contribution in [0.25, 0.3) is 22.4 Å². The number of alkyl halides is 3. The Hall–Kier alpha value is -3.43. The number of rotatable bonds is 5. The van der Waals surface area contributed by atoms with Crippen LogP contribution >= 0.6 is 23.1 Å². The second-order valence-electron chi connectivity index (χ2n) is 6.84. The van der Waals surface area contributed by atoms with E-state index in [9.17, 15) is 18.0 Å². The number of nitriles is 1. The second-order valence-corrected chi connectivity index (χ2v) is 9.08. The summed E-state index contributed by atoms with van der Waals surface area (Å²) in [4.78, 5) is 21.6. The molecular weight excluding hydrogens is 475 g/mol. The Morgan fingerprint density at radius 1 is 1.24 bits per heavy atom. The van der Waals surface area contributed by atoms with Crippen molar-refractivity contribution in [2.45, 2.75) is 24.2 Å². The zero-order valence-electron chi connectivity index (χ0n) is 17.1. The second kappa shape index (κ2) is 8.84. The minimum absolute atomic E-state index is 0.0484. The Morgan fingerprint density at radius 3 is 2.73 bits per heavy atom. The molecule has 12 heteroatoms. The zero-order chi connectivity index (χ0) is 23.8. The summed E-state index contributed by atoms with van der Waals surface area (Å²) < 4.78 is 46.6. The normalized spacial score (nSPS) is 11.5. The van der Waals surface area contributed by atoms with E-state index in [4.69, 9.17) is 9.78 Å². The average Bonchev–Trinajstić information content (AvgIpc) is 3.32. The first-order valence-corrected chi connectivity index (χ1v) is 11.2. The molecule has 1 aromatic carbocycles. The molecule has 0 saturated carbocycles. The Morgan fingerprint density at radius 2 is 2.00 bits per heavy atom. The first kappa shape index (κ1) is 22.8. The molecule has 3 heterocycles. The van der Waals surface area contributed by atoms with Gasteiger partial charge in [-0.2, -0.15) is 18.4 Å². The number of anilines is 1. The summed E-state index contributed by atoms with van der Waals surface area (Å²) in [5.74, 6) is -0.353. The molecule has 0 bridgehead atoms. The monoisotopic (exact) mass is 489 g/mol. The summed E-state index contributed by atoms with van der Waals surface area (Å²) >= 11 is 2.51. The van der Waals surface area contributed by atoms with Gasteiger partial charge in [-0.3, -0.25) is 10.1 Å². The van der Waals surface area contributed by atoms with E-state index < -0.39 is 17.6 Å². The van der Waals surface area contributed by atoms with E-state index >= 15 is 0 Å². The molecule has 7 nitrogen and oxygen atoms in total. The molecule has 0 aliphatic heterocycles. The molecule has 3 aromatic heterocycles. The molecule has 0 aliphatic carbocycles. The van der Waals surface area contributed by atoms with Crippen LogP contribution in [0.15, 0.2) is 39.1 Å². The maximum Gasteiger partial charge on any atom is 0.417 e. The van der Waals surface area contributed by atoms with Crippen molar-refractivity contribution in [3.63, 3.8) is 0 Å². The van der Waals surface area contributed by atoms with Gasteiger partial charge in [0.05, 0.1) is 49.6 Å². The van der Waals surface area contributed by atoms with Crippen molar-refractivity contribution in [1.82, 2.24) is 15.1 Å². The quantitative estimate of drug-likeness (QED) is 0.351. The number of hydrogen-bond donors (Lipinski definition) is 1. The molecule has 0 fully saturated rings. The molecule has 4 rings (SSSR count). The van der Waals surface area contributed by atoms with Crippen molar-refractivity contribution in [3.8, 4) is 17.3 Å². The molecule has 0 spiro atoms. The van der Waals surface area contributed by atoms with Gasteiger partial charge >= 0.3 is 6.18 Å². The van der Waals surface area contributed by atoms with Crippen LogP contribution in [0, 0.1) is 25.2 Å². The highest BCUT2D eigenvalue weighted by Crippen LogP contribution is 2.38. The number of pyridine rings is 1. The van der Waals surface area contributed by atoms with Crippen LogP contribution in [0.2, 0.25) is 0 Å². The Balaban J connectivity index is 1.78. The largest absolute Gasteiger partial charge is 0.417 e. The highest BCUT2D eigenvalue weighted by Gasteiger charge is 2.34. The lowest BCUT2D eigenvalue weighted by molar-refractivity contribution is -0.137. The number of nitrogens with one attached hydrogen (secondary N) is 1. The van der Waals surface area contributed by atoms with Gasteiger partial charge in [-0.25, -0.2) is 9.97 Å². The number of aromatic nitrogens is 3. The lowest BCUT2D eigenvalue weighted by Crippen LogP contribution is -2.13. The average molecular weight is 490 g/mol. The predicted octanol–water partition coefficient (Wildman–Crippen LogP) is 5.85. The van der Waals surface area contributed by atoms with Crippen molar-refractivity contribution in [2.24, 2.45) is 0 Å². The van der Waals surface area contributed by atoms with Crippen LogP contribution in [0.1, 0.15) is 27.3 Å². The summed E-state index contributed by atoms with van der Waals surface area (Å²) in [5.41, 5.74) is -0.0884. The van der Waals surface area contributed by atoms with Crippen molar-refractivity contribution in [3.05, 3.63) is 52.8 Å². The van der Waals surface area contributed by atoms with Crippen molar-refractivity contribution in [1.29, 1.82) is 5.26 Å². The highest BCUT2D eigenvalue weighted by molar-refractivity contribution is 8.01. The maximum absolute atomic E-state index is 13.6. The fraction of sp³-hybridized carbons (Fsp3) is 0.190. The molecular formula is C21H14F3N5O2S2. The number of aryl methyl sites for hydroxylation is 2. The number of carbonyl (C=O) groups excluding carboxylic acids is 1. The SMILES string of the molecule is Cc1nc(NC(=O)c2cc(-c3ccccc3C(F)(F)F)nc3onc(C)c23)sc1SCC#N. The maximum atomic E-state index is 13.6. The fourth-order valence-electron chi connectivity index (χ4n) is 3.20. The van der Waals surface area contributed by atoms with E-state index in [0.29, 0.717) is 21.9 Å². The summed E-state index contributed by atoms with van der Waals surface area (Å²) in [5, 5.41) is 15.9. The number of nitrogens with zero attached hydrogens (tertiary/aromatic N) is 4. The van der Waals surface area contributed by atoms with E-state index in [1.54, 1.807) is 13.8 Å². The lowest BCUT2D eigenvalue weighted by Gasteiger charge is -2.13. The Kier molecular flexibility index (Phi) is 6.09. The van der Waals surface area contributed by atoms with Gasteiger partial charge in [0.25, 0.3) is 11.6 Å². The molecule has 4 aromatic rings. The molecule has 1 amide bonds. The standard InChI is InChI=1S/C21H14F3N5O2S2/c1-10-16-13(17(30)28-20-26-11(2)19(33-20)32-8-7-25)9-15(27-18(16)31-29-10)12-5-3-4-6-14(12)21(22,23)24/h3-6,9H,8H2,1-2H3,(H,26,28,30). The number of hydrogen-bond acceptors (Lipinski definition) is 8. The number of thioether (sulfide) groups is 1. The molecule has 0 atom stereocenters. The summed E-state index contributed by atoms with van der Waals surface area (Å²) in [6.45, 7) is 3.37. The van der Waals surface area contributed by atoms with E-state index in [-0.39, 0.29) is 28.3 Å². The fourth-order valence-corrected chi connectivity index (χ4v) is 4.99. The number of halogens is 3. The summed E-state index contributed by atoms with van der Waals surface area (Å²) in [6, 6.07) is 8.29.